The van der Waals surface area contributed by atoms with Gasteiger partial charge in [-0.1, -0.05) is 18.2 Å². The van der Waals surface area contributed by atoms with Crippen LogP contribution in [0.3, 0.4) is 0 Å². The molecule has 0 fully saturated rings. The summed E-state index contributed by atoms with van der Waals surface area (Å²) in [6, 6.07) is 20.6. The average Bonchev–Trinajstić information content (AvgIpc) is 3.48. The number of pyridine rings is 1. The van der Waals surface area contributed by atoms with Crippen molar-refractivity contribution in [2.75, 3.05) is 5.32 Å². The van der Waals surface area contributed by atoms with E-state index in [0.717, 1.165) is 28.3 Å². The lowest BCUT2D eigenvalue weighted by atomic mass is 10.1. The Labute approximate surface area is 182 Å². The summed E-state index contributed by atoms with van der Waals surface area (Å²) in [5.41, 5.74) is 6.72. The SMILES string of the molecule is O=C(Nc1ccc(-c2cn3ccccc3n2)cc1)c1ccc(OCc2cscn2)cc1. The van der Waals surface area contributed by atoms with Crippen molar-refractivity contribution < 1.29 is 9.53 Å². The van der Waals surface area contributed by atoms with Crippen molar-refractivity contribution in [2.24, 2.45) is 0 Å². The molecule has 5 rings (SSSR count). The van der Waals surface area contributed by atoms with Crippen molar-refractivity contribution in [1.29, 1.82) is 0 Å². The molecule has 0 aliphatic carbocycles. The van der Waals surface area contributed by atoms with Crippen LogP contribution in [0.5, 0.6) is 5.75 Å². The van der Waals surface area contributed by atoms with E-state index in [0.29, 0.717) is 17.9 Å². The number of rotatable bonds is 6. The Morgan fingerprint density at radius 3 is 2.61 bits per heavy atom. The van der Waals surface area contributed by atoms with Gasteiger partial charge in [-0.25, -0.2) is 9.97 Å². The van der Waals surface area contributed by atoms with Crippen molar-refractivity contribution >= 4 is 28.6 Å². The number of ether oxygens (including phenoxy) is 1. The van der Waals surface area contributed by atoms with Crippen LogP contribution in [0, 0.1) is 0 Å². The lowest BCUT2D eigenvalue weighted by molar-refractivity contribution is 0.102. The number of hydrogen-bond acceptors (Lipinski definition) is 5. The molecule has 1 N–H and O–H groups in total. The summed E-state index contributed by atoms with van der Waals surface area (Å²) in [6.45, 7) is 0.410. The highest BCUT2D eigenvalue weighted by Gasteiger charge is 2.08. The summed E-state index contributed by atoms with van der Waals surface area (Å²) < 4.78 is 7.67. The van der Waals surface area contributed by atoms with Crippen molar-refractivity contribution in [1.82, 2.24) is 14.4 Å². The normalized spacial score (nSPS) is 10.8. The first-order valence-corrected chi connectivity index (χ1v) is 10.6. The van der Waals surface area contributed by atoms with Crippen LogP contribution in [0.4, 0.5) is 5.69 Å². The molecule has 0 aliphatic rings. The van der Waals surface area contributed by atoms with E-state index in [1.165, 1.54) is 11.3 Å². The van der Waals surface area contributed by atoms with Crippen molar-refractivity contribution in [2.45, 2.75) is 6.61 Å². The average molecular weight is 427 g/mol. The largest absolute Gasteiger partial charge is 0.487 e. The zero-order valence-corrected chi connectivity index (χ0v) is 17.3. The number of anilines is 1. The molecule has 0 atom stereocenters. The van der Waals surface area contributed by atoms with Crippen LogP contribution in [-0.2, 0) is 6.61 Å². The fourth-order valence-electron chi connectivity index (χ4n) is 3.17. The summed E-state index contributed by atoms with van der Waals surface area (Å²) >= 11 is 1.53. The van der Waals surface area contributed by atoms with E-state index in [-0.39, 0.29) is 5.91 Å². The monoisotopic (exact) mass is 426 g/mol. The lowest BCUT2D eigenvalue weighted by Crippen LogP contribution is -2.11. The fourth-order valence-corrected chi connectivity index (χ4v) is 3.71. The number of nitrogens with zero attached hydrogens (tertiary/aromatic N) is 3. The van der Waals surface area contributed by atoms with E-state index < -0.39 is 0 Å². The third-order valence-corrected chi connectivity index (χ3v) is 5.42. The Bertz CT molecular complexity index is 1280. The molecule has 0 unspecified atom stereocenters. The number of amides is 1. The number of aromatic nitrogens is 3. The second kappa shape index (κ2) is 8.41. The van der Waals surface area contributed by atoms with Gasteiger partial charge in [0.1, 0.15) is 18.0 Å². The van der Waals surface area contributed by atoms with Crippen molar-refractivity contribution in [3.63, 3.8) is 0 Å². The maximum absolute atomic E-state index is 12.6. The van der Waals surface area contributed by atoms with Gasteiger partial charge in [0.05, 0.1) is 16.9 Å². The van der Waals surface area contributed by atoms with Gasteiger partial charge < -0.3 is 14.5 Å². The molecule has 31 heavy (non-hydrogen) atoms. The summed E-state index contributed by atoms with van der Waals surface area (Å²) in [7, 11) is 0. The van der Waals surface area contributed by atoms with Crippen LogP contribution in [0.1, 0.15) is 16.1 Å². The Morgan fingerprint density at radius 2 is 1.87 bits per heavy atom. The van der Waals surface area contributed by atoms with E-state index in [9.17, 15) is 4.79 Å². The van der Waals surface area contributed by atoms with Crippen LogP contribution in [0.15, 0.2) is 90.0 Å². The van der Waals surface area contributed by atoms with E-state index in [1.54, 1.807) is 29.8 Å². The minimum Gasteiger partial charge on any atom is -0.487 e. The zero-order chi connectivity index (χ0) is 21.0. The summed E-state index contributed by atoms with van der Waals surface area (Å²) in [6.07, 6.45) is 3.96. The van der Waals surface area contributed by atoms with Crippen LogP contribution in [0.2, 0.25) is 0 Å². The quantitative estimate of drug-likeness (QED) is 0.401. The Kier molecular flexibility index (Phi) is 5.16. The van der Waals surface area contributed by atoms with E-state index in [1.807, 2.05) is 64.6 Å². The van der Waals surface area contributed by atoms with E-state index >= 15 is 0 Å². The van der Waals surface area contributed by atoms with Gasteiger partial charge >= 0.3 is 0 Å². The van der Waals surface area contributed by atoms with Crippen LogP contribution in [0.25, 0.3) is 16.9 Å². The molecule has 5 aromatic rings. The summed E-state index contributed by atoms with van der Waals surface area (Å²) in [5.74, 6) is 0.521. The van der Waals surface area contributed by atoms with Gasteiger partial charge in [-0.2, -0.15) is 0 Å². The number of benzene rings is 2. The molecule has 2 aromatic carbocycles. The highest BCUT2D eigenvalue weighted by molar-refractivity contribution is 7.07. The Morgan fingerprint density at radius 1 is 1.03 bits per heavy atom. The van der Waals surface area contributed by atoms with Crippen LogP contribution < -0.4 is 10.1 Å². The standard InChI is InChI=1S/C24H18N4O2S/c29-24(18-6-10-21(11-7-18)30-14-20-15-31-16-25-20)26-19-8-4-17(5-9-19)22-13-28-12-2-1-3-23(28)27-22/h1-13,15-16H,14H2,(H,26,29). The molecule has 3 heterocycles. The number of carbonyl (C=O) groups excluding carboxylic acids is 1. The van der Waals surface area contributed by atoms with Gasteiger partial charge in [0.25, 0.3) is 5.91 Å². The molecule has 3 aromatic heterocycles. The third kappa shape index (κ3) is 4.31. The molecule has 0 saturated heterocycles. The highest BCUT2D eigenvalue weighted by Crippen LogP contribution is 2.22. The minimum atomic E-state index is -0.175. The number of fused-ring (bicyclic) bond motifs is 1. The predicted molar refractivity (Wildman–Crippen MR) is 121 cm³/mol. The van der Waals surface area contributed by atoms with Gasteiger partial charge in [0.15, 0.2) is 0 Å². The number of imidazole rings is 1. The molecular formula is C24H18N4O2S. The van der Waals surface area contributed by atoms with Crippen LogP contribution >= 0.6 is 11.3 Å². The fraction of sp³-hybridized carbons (Fsp3) is 0.0417. The maximum Gasteiger partial charge on any atom is 0.255 e. The van der Waals surface area contributed by atoms with Gasteiger partial charge in [-0.3, -0.25) is 4.79 Å². The first-order chi connectivity index (χ1) is 15.2. The van der Waals surface area contributed by atoms with Gasteiger partial charge in [-0.15, -0.1) is 11.3 Å². The lowest BCUT2D eigenvalue weighted by Gasteiger charge is -2.08. The molecule has 0 radical (unpaired) electrons. The molecule has 152 valence electrons. The number of hydrogen-bond donors (Lipinski definition) is 1. The van der Waals surface area contributed by atoms with E-state index in [2.05, 4.69) is 15.3 Å². The van der Waals surface area contributed by atoms with E-state index in [4.69, 9.17) is 4.74 Å². The first-order valence-electron chi connectivity index (χ1n) is 9.70. The molecule has 0 aliphatic heterocycles. The van der Waals surface area contributed by atoms with Gasteiger partial charge in [0.2, 0.25) is 0 Å². The van der Waals surface area contributed by atoms with Crippen molar-refractivity contribution in [3.05, 3.63) is 101 Å². The molecule has 0 spiro atoms. The molecular weight excluding hydrogens is 408 g/mol. The zero-order valence-electron chi connectivity index (χ0n) is 16.4. The van der Waals surface area contributed by atoms with Gasteiger partial charge in [0, 0.05) is 34.6 Å². The van der Waals surface area contributed by atoms with Gasteiger partial charge in [-0.05, 0) is 48.5 Å². The second-order valence-electron chi connectivity index (χ2n) is 6.92. The van der Waals surface area contributed by atoms with Crippen LogP contribution in [-0.4, -0.2) is 20.3 Å². The predicted octanol–water partition coefficient (Wildman–Crippen LogP) is 5.29. The highest BCUT2D eigenvalue weighted by atomic mass is 32.1. The second-order valence-corrected chi connectivity index (χ2v) is 7.64. The number of thiazole rings is 1. The topological polar surface area (TPSA) is 68.5 Å². The summed E-state index contributed by atoms with van der Waals surface area (Å²) in [4.78, 5) is 21.4. The third-order valence-electron chi connectivity index (χ3n) is 4.79. The maximum atomic E-state index is 12.6. The molecule has 1 amide bonds. The molecule has 6 nitrogen and oxygen atoms in total. The Balaban J connectivity index is 1.22. The molecule has 7 heteroatoms. The first kappa shape index (κ1) is 19.0. The molecule has 0 bridgehead atoms. The number of nitrogens with one attached hydrogen (secondary N) is 1. The Hall–Kier alpha value is -3.97. The van der Waals surface area contributed by atoms with Crippen molar-refractivity contribution in [3.8, 4) is 17.0 Å². The molecule has 0 saturated carbocycles. The number of carbonyl (C=O) groups is 1. The minimum absolute atomic E-state index is 0.175. The summed E-state index contributed by atoms with van der Waals surface area (Å²) in [5, 5.41) is 4.87. The smallest absolute Gasteiger partial charge is 0.255 e.